The van der Waals surface area contributed by atoms with Gasteiger partial charge in [0.05, 0.1) is 12.3 Å². The van der Waals surface area contributed by atoms with E-state index in [1.54, 1.807) is 29.4 Å². The van der Waals surface area contributed by atoms with Gasteiger partial charge < -0.3 is 4.90 Å². The van der Waals surface area contributed by atoms with E-state index in [1.807, 2.05) is 17.5 Å². The van der Waals surface area contributed by atoms with E-state index in [2.05, 4.69) is 0 Å². The highest BCUT2D eigenvalue weighted by Gasteiger charge is 2.10. The van der Waals surface area contributed by atoms with Crippen molar-refractivity contribution in [2.24, 2.45) is 0 Å². The second-order valence-electron chi connectivity index (χ2n) is 4.56. The topological polar surface area (TPSA) is 20.3 Å². The van der Waals surface area contributed by atoms with Crippen LogP contribution in [0.5, 0.6) is 0 Å². The van der Waals surface area contributed by atoms with Crippen LogP contribution in [0, 0.1) is 5.82 Å². The van der Waals surface area contributed by atoms with Crippen LogP contribution in [0.2, 0.25) is 5.02 Å². The van der Waals surface area contributed by atoms with Crippen LogP contribution >= 0.6 is 34.7 Å². The first-order valence-corrected chi connectivity index (χ1v) is 8.75. The normalized spacial score (nSPS) is 10.6. The summed E-state index contributed by atoms with van der Waals surface area (Å²) in [4.78, 5) is 14.9. The summed E-state index contributed by atoms with van der Waals surface area (Å²) in [7, 11) is 1.80. The molecule has 2 rings (SSSR count). The summed E-state index contributed by atoms with van der Waals surface area (Å²) in [6.07, 6.45) is 0. The fourth-order valence-corrected chi connectivity index (χ4v) is 3.76. The highest BCUT2D eigenvalue weighted by Crippen LogP contribution is 2.22. The maximum absolute atomic E-state index is 12.9. The first kappa shape index (κ1) is 16.3. The van der Waals surface area contributed by atoms with Crippen molar-refractivity contribution in [3.8, 4) is 0 Å². The number of amides is 1. The third kappa shape index (κ3) is 5.02. The highest BCUT2D eigenvalue weighted by molar-refractivity contribution is 7.99. The molecule has 0 saturated carbocycles. The molecule has 6 heteroatoms. The molecular formula is C15H15ClFNOS2. The van der Waals surface area contributed by atoms with Crippen molar-refractivity contribution in [3.05, 3.63) is 57.0 Å². The third-order valence-corrected chi connectivity index (χ3v) is 5.08. The minimum Gasteiger partial charge on any atom is -0.340 e. The summed E-state index contributed by atoms with van der Waals surface area (Å²) in [6.45, 7) is 0.633. The number of nitrogens with zero attached hydrogens (tertiary/aromatic N) is 1. The molecule has 2 aromatic rings. The zero-order valence-electron chi connectivity index (χ0n) is 11.5. The van der Waals surface area contributed by atoms with Gasteiger partial charge in [-0.2, -0.15) is 0 Å². The molecule has 0 aliphatic rings. The molecule has 1 amide bonds. The maximum Gasteiger partial charge on any atom is 0.232 e. The lowest BCUT2D eigenvalue weighted by Crippen LogP contribution is -2.27. The Balaban J connectivity index is 1.78. The average molecular weight is 344 g/mol. The molecule has 0 spiro atoms. The fraction of sp³-hybridized carbons (Fsp3) is 0.267. The molecular weight excluding hydrogens is 329 g/mol. The summed E-state index contributed by atoms with van der Waals surface area (Å²) in [5, 5.41) is 2.40. The molecule has 1 aromatic carbocycles. The molecule has 1 heterocycles. The molecule has 0 N–H and O–H groups in total. The summed E-state index contributed by atoms with van der Waals surface area (Å²) in [6, 6.07) is 8.32. The molecule has 0 aliphatic carbocycles. The minimum atomic E-state index is -0.347. The van der Waals surface area contributed by atoms with Crippen LogP contribution < -0.4 is 0 Å². The zero-order chi connectivity index (χ0) is 15.2. The Kier molecular flexibility index (Phi) is 6.08. The predicted octanol–water partition coefficient (Wildman–Crippen LogP) is 4.43. The second kappa shape index (κ2) is 7.82. The zero-order valence-corrected chi connectivity index (χ0v) is 13.9. The van der Waals surface area contributed by atoms with Gasteiger partial charge in [0.15, 0.2) is 0 Å². The Morgan fingerprint density at radius 1 is 1.43 bits per heavy atom. The lowest BCUT2D eigenvalue weighted by atomic mass is 10.2. The molecule has 0 radical (unpaired) electrons. The molecule has 0 saturated heterocycles. The van der Waals surface area contributed by atoms with E-state index >= 15 is 0 Å². The van der Waals surface area contributed by atoms with Gasteiger partial charge in [0.25, 0.3) is 0 Å². The summed E-state index contributed by atoms with van der Waals surface area (Å²) >= 11 is 9.07. The summed E-state index contributed by atoms with van der Waals surface area (Å²) in [5.41, 5.74) is 0.844. The van der Waals surface area contributed by atoms with Gasteiger partial charge in [-0.25, -0.2) is 4.39 Å². The number of thiophene rings is 1. The smallest absolute Gasteiger partial charge is 0.232 e. The number of halogens is 2. The number of carbonyl (C=O) groups excluding carboxylic acids is 1. The lowest BCUT2D eigenvalue weighted by molar-refractivity contribution is -0.127. The molecule has 21 heavy (non-hydrogen) atoms. The average Bonchev–Trinajstić information content (AvgIpc) is 2.94. The van der Waals surface area contributed by atoms with Gasteiger partial charge >= 0.3 is 0 Å². The third-order valence-electron chi connectivity index (χ3n) is 2.90. The van der Waals surface area contributed by atoms with E-state index in [-0.39, 0.29) is 11.7 Å². The van der Waals surface area contributed by atoms with Crippen LogP contribution in [0.25, 0.3) is 0 Å². The fourth-order valence-electron chi connectivity index (χ4n) is 1.72. The number of thioether (sulfide) groups is 1. The number of hydrogen-bond donors (Lipinski definition) is 0. The Morgan fingerprint density at radius 3 is 2.90 bits per heavy atom. The highest BCUT2D eigenvalue weighted by atomic mass is 35.5. The first-order chi connectivity index (χ1) is 10.1. The van der Waals surface area contributed by atoms with Crippen LogP contribution in [0.1, 0.15) is 10.4 Å². The van der Waals surface area contributed by atoms with Crippen LogP contribution in [-0.4, -0.2) is 23.6 Å². The monoisotopic (exact) mass is 343 g/mol. The number of carbonyl (C=O) groups is 1. The van der Waals surface area contributed by atoms with Gasteiger partial charge in [-0.15, -0.1) is 23.1 Å². The van der Waals surface area contributed by atoms with Crippen molar-refractivity contribution < 1.29 is 9.18 Å². The van der Waals surface area contributed by atoms with Crippen molar-refractivity contribution in [2.75, 3.05) is 12.8 Å². The molecule has 112 valence electrons. The first-order valence-electron chi connectivity index (χ1n) is 6.34. The Labute approximate surface area is 136 Å². The summed E-state index contributed by atoms with van der Waals surface area (Å²) < 4.78 is 12.9. The van der Waals surface area contributed by atoms with Gasteiger partial charge in [-0.05, 0) is 29.1 Å². The minimum absolute atomic E-state index is 0.0756. The SMILES string of the molecule is CN(Cc1cccs1)C(=O)CSCc1ccc(F)cc1Cl. The van der Waals surface area contributed by atoms with Gasteiger partial charge in [0.1, 0.15) is 5.82 Å². The number of rotatable bonds is 6. The van der Waals surface area contributed by atoms with E-state index in [1.165, 1.54) is 23.9 Å². The van der Waals surface area contributed by atoms with Gasteiger partial charge in [-0.1, -0.05) is 23.7 Å². The van der Waals surface area contributed by atoms with Crippen LogP contribution in [0.4, 0.5) is 4.39 Å². The molecule has 1 aromatic heterocycles. The Hall–Kier alpha value is -1.04. The van der Waals surface area contributed by atoms with Gasteiger partial charge in [0, 0.05) is 22.7 Å². The molecule has 0 aliphatic heterocycles. The van der Waals surface area contributed by atoms with E-state index in [0.29, 0.717) is 23.1 Å². The number of hydrogen-bond acceptors (Lipinski definition) is 3. The maximum atomic E-state index is 12.9. The van der Waals surface area contributed by atoms with Crippen molar-refractivity contribution in [3.63, 3.8) is 0 Å². The Bertz CT molecular complexity index is 604. The molecule has 0 bridgehead atoms. The largest absolute Gasteiger partial charge is 0.340 e. The van der Waals surface area contributed by atoms with E-state index in [4.69, 9.17) is 11.6 Å². The predicted molar refractivity (Wildman–Crippen MR) is 88.4 cm³/mol. The van der Waals surface area contributed by atoms with Crippen LogP contribution in [0.15, 0.2) is 35.7 Å². The quantitative estimate of drug-likeness (QED) is 0.773. The molecule has 0 fully saturated rings. The number of benzene rings is 1. The summed E-state index contributed by atoms with van der Waals surface area (Å²) in [5.74, 6) is 0.708. The van der Waals surface area contributed by atoms with E-state index in [0.717, 1.165) is 10.4 Å². The lowest BCUT2D eigenvalue weighted by Gasteiger charge is -2.16. The van der Waals surface area contributed by atoms with Crippen molar-refractivity contribution in [1.29, 1.82) is 0 Å². The Morgan fingerprint density at radius 2 is 2.24 bits per heavy atom. The van der Waals surface area contributed by atoms with Gasteiger partial charge in [0.2, 0.25) is 5.91 Å². The molecule has 0 atom stereocenters. The van der Waals surface area contributed by atoms with E-state index < -0.39 is 0 Å². The standard InChI is InChI=1S/C15H15ClFNOS2/c1-18(8-13-3-2-6-21-13)15(19)10-20-9-11-4-5-12(17)7-14(11)16/h2-7H,8-10H2,1H3. The van der Waals surface area contributed by atoms with Crippen molar-refractivity contribution in [1.82, 2.24) is 4.90 Å². The van der Waals surface area contributed by atoms with Crippen molar-refractivity contribution >= 4 is 40.6 Å². The van der Waals surface area contributed by atoms with Gasteiger partial charge in [-0.3, -0.25) is 4.79 Å². The van der Waals surface area contributed by atoms with Crippen LogP contribution in [-0.2, 0) is 17.1 Å². The van der Waals surface area contributed by atoms with Crippen molar-refractivity contribution in [2.45, 2.75) is 12.3 Å². The molecule has 2 nitrogen and oxygen atoms in total. The second-order valence-corrected chi connectivity index (χ2v) is 6.98. The van der Waals surface area contributed by atoms with Crippen LogP contribution in [0.3, 0.4) is 0 Å². The van der Waals surface area contributed by atoms with E-state index in [9.17, 15) is 9.18 Å². The molecule has 0 unspecified atom stereocenters.